The van der Waals surface area contributed by atoms with Crippen LogP contribution in [0, 0.1) is 13.8 Å². The van der Waals surface area contributed by atoms with Gasteiger partial charge < -0.3 is 19.3 Å². The van der Waals surface area contributed by atoms with E-state index in [-0.39, 0.29) is 11.3 Å². The van der Waals surface area contributed by atoms with Crippen LogP contribution in [0.3, 0.4) is 0 Å². The molecule has 3 aromatic carbocycles. The molecule has 1 fully saturated rings. The van der Waals surface area contributed by atoms with E-state index in [4.69, 9.17) is 19.2 Å². The van der Waals surface area contributed by atoms with E-state index in [0.29, 0.717) is 46.7 Å². The minimum atomic E-state index is -0.957. The molecule has 41 heavy (non-hydrogen) atoms. The summed E-state index contributed by atoms with van der Waals surface area (Å²) < 4.78 is 17.9. The summed E-state index contributed by atoms with van der Waals surface area (Å²) in [6.07, 6.45) is 0.821. The molecule has 0 spiro atoms. The molecule has 8 nitrogen and oxygen atoms in total. The van der Waals surface area contributed by atoms with Crippen molar-refractivity contribution >= 4 is 44.1 Å². The first kappa shape index (κ1) is 28.2. The largest absolute Gasteiger partial charge is 0.507 e. The van der Waals surface area contributed by atoms with Crippen LogP contribution in [0.2, 0.25) is 0 Å². The summed E-state index contributed by atoms with van der Waals surface area (Å²) in [5, 5.41) is 12.0. The number of aliphatic hydroxyl groups is 1. The molecule has 1 unspecified atom stereocenters. The van der Waals surface area contributed by atoms with Crippen molar-refractivity contribution in [1.29, 1.82) is 0 Å². The van der Waals surface area contributed by atoms with Gasteiger partial charge in [0.2, 0.25) is 0 Å². The zero-order valence-electron chi connectivity index (χ0n) is 23.7. The highest BCUT2D eigenvalue weighted by molar-refractivity contribution is 7.22. The van der Waals surface area contributed by atoms with Crippen molar-refractivity contribution in [2.75, 3.05) is 25.2 Å². The number of aryl methyl sites for hydroxylation is 2. The molecule has 1 aliphatic rings. The summed E-state index contributed by atoms with van der Waals surface area (Å²) in [7, 11) is 1.53. The number of nitrogens with zero attached hydrogens (tertiary/aromatic N) is 2. The van der Waals surface area contributed by atoms with E-state index < -0.39 is 17.7 Å². The number of aliphatic hydroxyl groups excluding tert-OH is 1. The smallest absolute Gasteiger partial charge is 0.301 e. The van der Waals surface area contributed by atoms with Gasteiger partial charge in [0, 0.05) is 5.56 Å². The third-order valence-electron chi connectivity index (χ3n) is 6.85. The average molecular weight is 573 g/mol. The highest BCUT2D eigenvalue weighted by Gasteiger charge is 2.48. The van der Waals surface area contributed by atoms with Crippen molar-refractivity contribution in [3.8, 4) is 17.2 Å². The van der Waals surface area contributed by atoms with Gasteiger partial charge in [-0.3, -0.25) is 14.5 Å². The number of methoxy groups -OCH3 is 1. The molecular weight excluding hydrogens is 540 g/mol. The fourth-order valence-corrected chi connectivity index (χ4v) is 6.21. The maximum atomic E-state index is 13.7. The van der Waals surface area contributed by atoms with Crippen LogP contribution in [0.25, 0.3) is 16.0 Å². The number of anilines is 1. The Morgan fingerprint density at radius 1 is 1.02 bits per heavy atom. The Balaban J connectivity index is 1.72. The number of thiazole rings is 1. The predicted molar refractivity (Wildman–Crippen MR) is 160 cm³/mol. The monoisotopic (exact) mass is 572 g/mol. The third-order valence-corrected chi connectivity index (χ3v) is 7.85. The van der Waals surface area contributed by atoms with Gasteiger partial charge in [-0.25, -0.2) is 4.98 Å². The van der Waals surface area contributed by atoms with Crippen LogP contribution in [0.4, 0.5) is 5.13 Å². The number of aromatic nitrogens is 1. The van der Waals surface area contributed by atoms with Gasteiger partial charge in [-0.2, -0.15) is 0 Å². The maximum absolute atomic E-state index is 13.7. The number of amides is 1. The molecule has 1 aliphatic heterocycles. The number of ketones is 1. The van der Waals surface area contributed by atoms with Crippen molar-refractivity contribution in [2.24, 2.45) is 0 Å². The molecule has 1 aromatic heterocycles. The SMILES string of the molecule is CCCOc1cccc(C(O)=C2C(=O)C(=O)N(c3nc4c(C)cc(C)cc4s3)C2c2ccc(OCC)c(OC)c2)c1. The molecule has 1 saturated heterocycles. The molecule has 0 bridgehead atoms. The zero-order valence-corrected chi connectivity index (χ0v) is 24.5. The first-order chi connectivity index (χ1) is 19.8. The highest BCUT2D eigenvalue weighted by atomic mass is 32.1. The Kier molecular flexibility index (Phi) is 7.99. The first-order valence-corrected chi connectivity index (χ1v) is 14.3. The quantitative estimate of drug-likeness (QED) is 0.135. The van der Waals surface area contributed by atoms with Crippen molar-refractivity contribution in [2.45, 2.75) is 40.2 Å². The lowest BCUT2D eigenvalue weighted by Gasteiger charge is -2.24. The second kappa shape index (κ2) is 11.6. The lowest BCUT2D eigenvalue weighted by atomic mass is 9.95. The highest BCUT2D eigenvalue weighted by Crippen LogP contribution is 2.46. The minimum Gasteiger partial charge on any atom is -0.507 e. The fourth-order valence-electron chi connectivity index (χ4n) is 5.04. The van der Waals surface area contributed by atoms with Crippen molar-refractivity contribution < 1.29 is 28.9 Å². The number of fused-ring (bicyclic) bond motifs is 1. The summed E-state index contributed by atoms with van der Waals surface area (Å²) >= 11 is 1.33. The van der Waals surface area contributed by atoms with Crippen LogP contribution in [0.15, 0.2) is 60.2 Å². The van der Waals surface area contributed by atoms with Crippen LogP contribution in [0.1, 0.15) is 48.6 Å². The fraction of sp³-hybridized carbons (Fsp3) is 0.281. The van der Waals surface area contributed by atoms with Crippen molar-refractivity contribution in [1.82, 2.24) is 4.98 Å². The van der Waals surface area contributed by atoms with E-state index in [2.05, 4.69) is 0 Å². The van der Waals surface area contributed by atoms with Crippen molar-refractivity contribution in [3.63, 3.8) is 0 Å². The second-order valence-electron chi connectivity index (χ2n) is 9.81. The van der Waals surface area contributed by atoms with Gasteiger partial charge in [-0.1, -0.05) is 42.5 Å². The molecule has 0 radical (unpaired) electrons. The third kappa shape index (κ3) is 5.25. The molecule has 1 amide bonds. The maximum Gasteiger partial charge on any atom is 0.301 e. The van der Waals surface area contributed by atoms with Crippen LogP contribution in [-0.2, 0) is 9.59 Å². The molecule has 1 atom stereocenters. The normalized spacial score (nSPS) is 16.4. The van der Waals surface area contributed by atoms with E-state index in [1.165, 1.54) is 23.3 Å². The lowest BCUT2D eigenvalue weighted by Crippen LogP contribution is -2.29. The number of hydrogen-bond donors (Lipinski definition) is 1. The number of Topliss-reactive ketones (excluding diaryl/α,β-unsaturated/α-hetero) is 1. The molecule has 212 valence electrons. The number of rotatable bonds is 9. The van der Waals surface area contributed by atoms with E-state index in [0.717, 1.165) is 27.8 Å². The Hall–Kier alpha value is -4.37. The summed E-state index contributed by atoms with van der Waals surface area (Å²) in [5.41, 5.74) is 3.71. The van der Waals surface area contributed by atoms with Crippen LogP contribution < -0.4 is 19.1 Å². The number of benzene rings is 3. The second-order valence-corrected chi connectivity index (χ2v) is 10.8. The Morgan fingerprint density at radius 2 is 1.83 bits per heavy atom. The van der Waals surface area contributed by atoms with Crippen LogP contribution in [-0.4, -0.2) is 42.1 Å². The molecule has 1 N–H and O–H groups in total. The zero-order chi connectivity index (χ0) is 29.3. The van der Waals surface area contributed by atoms with Gasteiger partial charge in [0.25, 0.3) is 5.78 Å². The van der Waals surface area contributed by atoms with Crippen LogP contribution >= 0.6 is 11.3 Å². The van der Waals surface area contributed by atoms with Gasteiger partial charge in [0.15, 0.2) is 16.6 Å². The lowest BCUT2D eigenvalue weighted by molar-refractivity contribution is -0.132. The molecule has 5 rings (SSSR count). The van der Waals surface area contributed by atoms with Gasteiger partial charge in [-0.15, -0.1) is 0 Å². The molecule has 0 saturated carbocycles. The standard InChI is InChI=1S/C32H32N2O6S/c1-6-13-40-22-10-8-9-21(16-22)29(35)26-28(20-11-12-23(39-7-2)24(17-20)38-5)34(31(37)30(26)36)32-33-27-19(4)14-18(3)15-25(27)41-32/h8-12,14-17,28,35H,6-7,13H2,1-5H3. The number of carbonyl (C=O) groups excluding carboxylic acids is 2. The van der Waals surface area contributed by atoms with E-state index in [9.17, 15) is 14.7 Å². The summed E-state index contributed by atoms with van der Waals surface area (Å²) in [6, 6.07) is 15.2. The minimum absolute atomic E-state index is 0.0407. The van der Waals surface area contributed by atoms with E-state index in [1.807, 2.05) is 39.8 Å². The molecular formula is C32H32N2O6S. The number of ether oxygens (including phenoxy) is 3. The number of hydrogen-bond acceptors (Lipinski definition) is 8. The molecule has 2 heterocycles. The molecule has 4 aromatic rings. The topological polar surface area (TPSA) is 98.2 Å². The van der Waals surface area contributed by atoms with Gasteiger partial charge in [0.1, 0.15) is 11.5 Å². The molecule has 0 aliphatic carbocycles. The van der Waals surface area contributed by atoms with Gasteiger partial charge >= 0.3 is 5.91 Å². The van der Waals surface area contributed by atoms with Crippen molar-refractivity contribution in [3.05, 3.63) is 82.4 Å². The Bertz CT molecular complexity index is 1670. The summed E-state index contributed by atoms with van der Waals surface area (Å²) in [5.74, 6) is -0.327. The van der Waals surface area contributed by atoms with Gasteiger partial charge in [-0.05, 0) is 74.2 Å². The molecule has 9 heteroatoms. The Labute approximate surface area is 242 Å². The van der Waals surface area contributed by atoms with Gasteiger partial charge in [0.05, 0.1) is 42.2 Å². The van der Waals surface area contributed by atoms with E-state index >= 15 is 0 Å². The first-order valence-electron chi connectivity index (χ1n) is 13.5. The predicted octanol–water partition coefficient (Wildman–Crippen LogP) is 6.74. The summed E-state index contributed by atoms with van der Waals surface area (Å²) in [6.45, 7) is 8.79. The number of carbonyl (C=O) groups is 2. The van der Waals surface area contributed by atoms with E-state index in [1.54, 1.807) is 42.5 Å². The average Bonchev–Trinajstić information content (AvgIpc) is 3.50. The summed E-state index contributed by atoms with van der Waals surface area (Å²) in [4.78, 5) is 33.6. The Morgan fingerprint density at radius 3 is 2.56 bits per heavy atom. The van der Waals surface area contributed by atoms with Crippen LogP contribution in [0.5, 0.6) is 17.2 Å².